The molecule has 2 fully saturated rings. The van der Waals surface area contributed by atoms with Crippen LogP contribution in [-0.4, -0.2) is 24.5 Å². The zero-order valence-corrected chi connectivity index (χ0v) is 12.9. The number of nitrogens with zero attached hydrogens (tertiary/aromatic N) is 1. The molecule has 1 aromatic carbocycles. The molecule has 2 nitrogen and oxygen atoms in total. The van der Waals surface area contributed by atoms with Gasteiger partial charge in [0.2, 0.25) is 0 Å². The van der Waals surface area contributed by atoms with Gasteiger partial charge in [-0.05, 0) is 56.9 Å². The van der Waals surface area contributed by atoms with Gasteiger partial charge in [-0.1, -0.05) is 29.3 Å². The molecule has 20 heavy (non-hydrogen) atoms. The highest BCUT2D eigenvalue weighted by atomic mass is 15.2. The molecule has 0 saturated heterocycles. The van der Waals surface area contributed by atoms with Gasteiger partial charge >= 0.3 is 0 Å². The Morgan fingerprint density at radius 2 is 1.50 bits per heavy atom. The van der Waals surface area contributed by atoms with Crippen molar-refractivity contribution >= 4 is 0 Å². The Hall–Kier alpha value is -0.860. The third kappa shape index (κ3) is 3.62. The summed E-state index contributed by atoms with van der Waals surface area (Å²) in [5.41, 5.74) is 10.3. The molecule has 1 atom stereocenters. The Kier molecular flexibility index (Phi) is 4.13. The molecule has 2 N–H and O–H groups in total. The Morgan fingerprint density at radius 3 is 1.90 bits per heavy atom. The zero-order valence-electron chi connectivity index (χ0n) is 12.9. The van der Waals surface area contributed by atoms with Crippen molar-refractivity contribution in [1.82, 2.24) is 4.90 Å². The molecular formula is C18H28N2. The van der Waals surface area contributed by atoms with Crippen LogP contribution < -0.4 is 5.73 Å². The van der Waals surface area contributed by atoms with Gasteiger partial charge in [0, 0.05) is 25.7 Å². The van der Waals surface area contributed by atoms with E-state index in [4.69, 9.17) is 5.73 Å². The largest absolute Gasteiger partial charge is 0.329 e. The second kappa shape index (κ2) is 5.87. The number of nitrogens with two attached hydrogens (primary N) is 1. The van der Waals surface area contributed by atoms with Crippen LogP contribution in [0.1, 0.15) is 48.4 Å². The SMILES string of the molecule is Cc1cc(C)cc(C(CN)N(CC2CC2)CC2CC2)c1. The second-order valence-corrected chi connectivity index (χ2v) is 7.01. The summed E-state index contributed by atoms with van der Waals surface area (Å²) in [6.07, 6.45) is 5.69. The summed E-state index contributed by atoms with van der Waals surface area (Å²) < 4.78 is 0. The van der Waals surface area contributed by atoms with Crippen molar-refractivity contribution in [1.29, 1.82) is 0 Å². The molecule has 2 aliphatic rings. The van der Waals surface area contributed by atoms with Gasteiger partial charge in [-0.3, -0.25) is 4.90 Å². The number of rotatable bonds is 7. The average molecular weight is 272 g/mol. The Bertz CT molecular complexity index is 426. The highest BCUT2D eigenvalue weighted by Gasteiger charge is 2.32. The first kappa shape index (κ1) is 14.1. The van der Waals surface area contributed by atoms with Crippen LogP contribution in [0.2, 0.25) is 0 Å². The van der Waals surface area contributed by atoms with Gasteiger partial charge in [0.05, 0.1) is 0 Å². The Morgan fingerprint density at radius 1 is 1.00 bits per heavy atom. The van der Waals surface area contributed by atoms with Gasteiger partial charge in [-0.25, -0.2) is 0 Å². The van der Waals surface area contributed by atoms with Gasteiger partial charge < -0.3 is 5.73 Å². The standard InChI is InChI=1S/C18H28N2/c1-13-7-14(2)9-17(8-13)18(10-19)20(11-15-3-4-15)12-16-5-6-16/h7-9,15-16,18H,3-6,10-12,19H2,1-2H3. The van der Waals surface area contributed by atoms with Crippen LogP contribution in [0.4, 0.5) is 0 Å². The summed E-state index contributed by atoms with van der Waals surface area (Å²) >= 11 is 0. The van der Waals surface area contributed by atoms with Crippen LogP contribution >= 0.6 is 0 Å². The van der Waals surface area contributed by atoms with Gasteiger partial charge in [0.1, 0.15) is 0 Å². The van der Waals surface area contributed by atoms with Crippen molar-refractivity contribution in [2.45, 2.75) is 45.6 Å². The number of hydrogen-bond acceptors (Lipinski definition) is 2. The molecule has 0 bridgehead atoms. The van der Waals surface area contributed by atoms with E-state index in [-0.39, 0.29) is 0 Å². The molecule has 0 amide bonds. The lowest BCUT2D eigenvalue weighted by Crippen LogP contribution is -2.37. The van der Waals surface area contributed by atoms with Crippen LogP contribution in [0.5, 0.6) is 0 Å². The minimum atomic E-state index is 0.412. The summed E-state index contributed by atoms with van der Waals surface area (Å²) in [6.45, 7) is 7.63. The quantitative estimate of drug-likeness (QED) is 0.824. The molecule has 110 valence electrons. The fourth-order valence-electron chi connectivity index (χ4n) is 3.29. The Labute approximate surface area is 123 Å². The van der Waals surface area contributed by atoms with E-state index >= 15 is 0 Å². The normalized spacial score (nSPS) is 20.4. The monoisotopic (exact) mass is 272 g/mol. The van der Waals surface area contributed by atoms with E-state index in [9.17, 15) is 0 Å². The molecule has 1 aromatic rings. The van der Waals surface area contributed by atoms with E-state index < -0.39 is 0 Å². The van der Waals surface area contributed by atoms with Crippen LogP contribution in [-0.2, 0) is 0 Å². The number of hydrogen-bond donors (Lipinski definition) is 1. The van der Waals surface area contributed by atoms with E-state index in [1.54, 1.807) is 0 Å². The van der Waals surface area contributed by atoms with Crippen LogP contribution in [0.25, 0.3) is 0 Å². The summed E-state index contributed by atoms with van der Waals surface area (Å²) in [6, 6.07) is 7.33. The predicted octanol–water partition coefficient (Wildman–Crippen LogP) is 3.43. The van der Waals surface area contributed by atoms with Crippen LogP contribution in [0.3, 0.4) is 0 Å². The smallest absolute Gasteiger partial charge is 0.0470 e. The highest BCUT2D eigenvalue weighted by Crippen LogP contribution is 2.37. The van der Waals surface area contributed by atoms with Gasteiger partial charge in [-0.15, -0.1) is 0 Å². The summed E-state index contributed by atoms with van der Waals surface area (Å²) in [5.74, 6) is 1.88. The number of benzene rings is 1. The van der Waals surface area contributed by atoms with Gasteiger partial charge in [0.25, 0.3) is 0 Å². The van der Waals surface area contributed by atoms with E-state index in [0.717, 1.165) is 18.4 Å². The maximum Gasteiger partial charge on any atom is 0.0470 e. The molecule has 3 rings (SSSR count). The molecule has 0 aromatic heterocycles. The topological polar surface area (TPSA) is 29.3 Å². The molecular weight excluding hydrogens is 244 g/mol. The van der Waals surface area contributed by atoms with Gasteiger partial charge in [0.15, 0.2) is 0 Å². The second-order valence-electron chi connectivity index (χ2n) is 7.01. The van der Waals surface area contributed by atoms with Crippen molar-refractivity contribution in [3.05, 3.63) is 34.9 Å². The first-order valence-electron chi connectivity index (χ1n) is 8.18. The minimum absolute atomic E-state index is 0.412. The van der Waals surface area contributed by atoms with Gasteiger partial charge in [-0.2, -0.15) is 0 Å². The molecule has 0 heterocycles. The zero-order chi connectivity index (χ0) is 14.1. The molecule has 0 radical (unpaired) electrons. The lowest BCUT2D eigenvalue weighted by Gasteiger charge is -2.32. The van der Waals surface area contributed by atoms with Crippen molar-refractivity contribution in [3.8, 4) is 0 Å². The van der Waals surface area contributed by atoms with Crippen molar-refractivity contribution in [3.63, 3.8) is 0 Å². The van der Waals surface area contributed by atoms with E-state index in [2.05, 4.69) is 36.9 Å². The molecule has 0 aliphatic heterocycles. The highest BCUT2D eigenvalue weighted by molar-refractivity contribution is 5.31. The predicted molar refractivity (Wildman–Crippen MR) is 84.7 cm³/mol. The van der Waals surface area contributed by atoms with Crippen LogP contribution in [0, 0.1) is 25.7 Å². The van der Waals surface area contributed by atoms with Crippen molar-refractivity contribution in [2.75, 3.05) is 19.6 Å². The van der Waals surface area contributed by atoms with E-state index in [0.29, 0.717) is 6.04 Å². The lowest BCUT2D eigenvalue weighted by atomic mass is 9.99. The molecule has 2 aliphatic carbocycles. The molecule has 0 spiro atoms. The lowest BCUT2D eigenvalue weighted by molar-refractivity contribution is 0.184. The molecule has 2 heteroatoms. The molecule has 2 saturated carbocycles. The Balaban J connectivity index is 1.79. The first-order valence-corrected chi connectivity index (χ1v) is 8.18. The minimum Gasteiger partial charge on any atom is -0.329 e. The number of aryl methyl sites for hydroxylation is 2. The van der Waals surface area contributed by atoms with E-state index in [1.807, 2.05) is 0 Å². The maximum atomic E-state index is 6.16. The molecule has 1 unspecified atom stereocenters. The first-order chi connectivity index (χ1) is 9.65. The summed E-state index contributed by atoms with van der Waals surface area (Å²) in [5, 5.41) is 0. The third-order valence-electron chi connectivity index (χ3n) is 4.67. The fraction of sp³-hybridized carbons (Fsp3) is 0.667. The van der Waals surface area contributed by atoms with Crippen molar-refractivity contribution in [2.24, 2.45) is 17.6 Å². The van der Waals surface area contributed by atoms with E-state index in [1.165, 1.54) is 55.5 Å². The fourth-order valence-corrected chi connectivity index (χ4v) is 3.29. The summed E-state index contributed by atoms with van der Waals surface area (Å²) in [4.78, 5) is 2.68. The third-order valence-corrected chi connectivity index (χ3v) is 4.67. The van der Waals surface area contributed by atoms with Crippen molar-refractivity contribution < 1.29 is 0 Å². The average Bonchev–Trinajstić information content (AvgIpc) is 3.24. The van der Waals surface area contributed by atoms with Crippen LogP contribution in [0.15, 0.2) is 18.2 Å². The maximum absolute atomic E-state index is 6.16. The summed E-state index contributed by atoms with van der Waals surface area (Å²) in [7, 11) is 0.